The number of hydrogen-bond acceptors (Lipinski definition) is 3. The first-order valence-corrected chi connectivity index (χ1v) is 8.24. The quantitative estimate of drug-likeness (QED) is 0.757. The summed E-state index contributed by atoms with van der Waals surface area (Å²) in [5, 5.41) is 8.95. The van der Waals surface area contributed by atoms with E-state index in [1.807, 2.05) is 0 Å². The van der Waals surface area contributed by atoms with Crippen LogP contribution in [0.15, 0.2) is 0 Å². The second kappa shape index (κ2) is 7.43. The number of aliphatic hydroxyl groups is 1. The molecule has 1 unspecified atom stereocenters. The molecule has 0 aromatic carbocycles. The zero-order valence-corrected chi connectivity index (χ0v) is 12.3. The van der Waals surface area contributed by atoms with E-state index in [0.29, 0.717) is 32.0 Å². The van der Waals surface area contributed by atoms with Crippen LogP contribution < -0.4 is 0 Å². The first-order valence-electron chi connectivity index (χ1n) is 6.84. The highest BCUT2D eigenvalue weighted by atomic mass is 32.2. The molecule has 1 heterocycles. The molecule has 0 amide bonds. The van der Waals surface area contributed by atoms with Crippen LogP contribution >= 0.6 is 0 Å². The van der Waals surface area contributed by atoms with Crippen molar-refractivity contribution in [3.63, 3.8) is 0 Å². The van der Waals surface area contributed by atoms with Gasteiger partial charge < -0.3 is 5.11 Å². The number of piperidine rings is 1. The van der Waals surface area contributed by atoms with Gasteiger partial charge in [-0.2, -0.15) is 17.0 Å². The average molecular weight is 278 g/mol. The highest BCUT2D eigenvalue weighted by Crippen LogP contribution is 2.22. The molecule has 0 spiro atoms. The Kier molecular flexibility index (Phi) is 6.55. The molecule has 5 nitrogen and oxygen atoms in total. The van der Waals surface area contributed by atoms with Gasteiger partial charge in [0.25, 0.3) is 10.2 Å². The summed E-state index contributed by atoms with van der Waals surface area (Å²) in [4.78, 5) is 0. The minimum absolute atomic E-state index is 0.143. The molecular formula is C12H26N2O3S. The Bertz CT molecular complexity index is 330. The van der Waals surface area contributed by atoms with Crippen LogP contribution in [0.3, 0.4) is 0 Å². The van der Waals surface area contributed by atoms with Crippen molar-refractivity contribution >= 4 is 10.2 Å². The molecule has 1 N–H and O–H groups in total. The van der Waals surface area contributed by atoms with Crippen molar-refractivity contribution < 1.29 is 13.5 Å². The molecule has 1 atom stereocenters. The molecule has 1 saturated heterocycles. The summed E-state index contributed by atoms with van der Waals surface area (Å²) in [6, 6.07) is 0. The van der Waals surface area contributed by atoms with E-state index in [2.05, 4.69) is 6.92 Å². The molecule has 1 rings (SSSR count). The molecule has 1 fully saturated rings. The van der Waals surface area contributed by atoms with E-state index in [1.165, 1.54) is 4.31 Å². The second-order valence-corrected chi connectivity index (χ2v) is 7.10. The van der Waals surface area contributed by atoms with Gasteiger partial charge >= 0.3 is 0 Å². The van der Waals surface area contributed by atoms with E-state index < -0.39 is 10.2 Å². The summed E-state index contributed by atoms with van der Waals surface area (Å²) in [5.41, 5.74) is 0. The summed E-state index contributed by atoms with van der Waals surface area (Å²) >= 11 is 0. The largest absolute Gasteiger partial charge is 0.396 e. The number of rotatable bonds is 7. The number of unbranched alkanes of at least 4 members (excludes halogenated alkanes) is 1. The monoisotopic (exact) mass is 278 g/mol. The zero-order chi connectivity index (χ0) is 13.6. The molecule has 1 aliphatic rings. The molecule has 0 aliphatic carbocycles. The summed E-state index contributed by atoms with van der Waals surface area (Å²) in [6.45, 7) is 3.95. The van der Waals surface area contributed by atoms with Crippen LogP contribution in [0.1, 0.15) is 39.0 Å². The van der Waals surface area contributed by atoms with Crippen LogP contribution in [0.5, 0.6) is 0 Å². The molecule has 0 radical (unpaired) electrons. The van der Waals surface area contributed by atoms with Crippen LogP contribution in [0.25, 0.3) is 0 Å². The Morgan fingerprint density at radius 3 is 2.78 bits per heavy atom. The Morgan fingerprint density at radius 1 is 1.44 bits per heavy atom. The molecule has 6 heteroatoms. The molecule has 0 saturated carbocycles. The SMILES string of the molecule is CCCCN(C)S(=O)(=O)N1CCCC(CCO)C1. The van der Waals surface area contributed by atoms with E-state index in [0.717, 1.165) is 25.7 Å². The van der Waals surface area contributed by atoms with Crippen LogP contribution in [0.2, 0.25) is 0 Å². The predicted molar refractivity (Wildman–Crippen MR) is 72.5 cm³/mol. The maximum absolute atomic E-state index is 12.3. The Labute approximate surface area is 111 Å². The standard InChI is InChI=1S/C12H26N2O3S/c1-3-4-8-13(2)18(16,17)14-9-5-6-12(11-14)7-10-15/h12,15H,3-11H2,1-2H3. The highest BCUT2D eigenvalue weighted by molar-refractivity contribution is 7.86. The molecule has 18 heavy (non-hydrogen) atoms. The van der Waals surface area contributed by atoms with Gasteiger partial charge in [0.2, 0.25) is 0 Å². The zero-order valence-electron chi connectivity index (χ0n) is 11.5. The van der Waals surface area contributed by atoms with Gasteiger partial charge in [-0.1, -0.05) is 13.3 Å². The number of hydrogen-bond donors (Lipinski definition) is 1. The van der Waals surface area contributed by atoms with Gasteiger partial charge in [-0.05, 0) is 31.6 Å². The maximum Gasteiger partial charge on any atom is 0.281 e. The summed E-state index contributed by atoms with van der Waals surface area (Å²) in [7, 11) is -1.65. The fraction of sp³-hybridized carbons (Fsp3) is 1.00. The van der Waals surface area contributed by atoms with Crippen LogP contribution in [-0.4, -0.2) is 55.4 Å². The predicted octanol–water partition coefficient (Wildman–Crippen LogP) is 1.06. The van der Waals surface area contributed by atoms with Gasteiger partial charge in [-0.15, -0.1) is 0 Å². The first-order chi connectivity index (χ1) is 8.52. The lowest BCUT2D eigenvalue weighted by Crippen LogP contribution is -2.47. The minimum Gasteiger partial charge on any atom is -0.396 e. The summed E-state index contributed by atoms with van der Waals surface area (Å²) < 4.78 is 27.7. The maximum atomic E-state index is 12.3. The van der Waals surface area contributed by atoms with Gasteiger partial charge in [0.1, 0.15) is 0 Å². The van der Waals surface area contributed by atoms with Crippen molar-refractivity contribution in [1.29, 1.82) is 0 Å². The average Bonchev–Trinajstić information content (AvgIpc) is 2.36. The minimum atomic E-state index is -3.30. The molecule has 0 aromatic rings. The van der Waals surface area contributed by atoms with Gasteiger partial charge in [0.15, 0.2) is 0 Å². The lowest BCUT2D eigenvalue weighted by atomic mass is 9.97. The summed E-state index contributed by atoms with van der Waals surface area (Å²) in [5.74, 6) is 0.304. The van der Waals surface area contributed by atoms with Crippen molar-refractivity contribution in [2.75, 3.05) is 33.3 Å². The Morgan fingerprint density at radius 2 is 2.17 bits per heavy atom. The lowest BCUT2D eigenvalue weighted by Gasteiger charge is -2.34. The van der Waals surface area contributed by atoms with Gasteiger partial charge in [-0.25, -0.2) is 0 Å². The third-order valence-corrected chi connectivity index (χ3v) is 5.52. The summed E-state index contributed by atoms with van der Waals surface area (Å²) in [6.07, 6.45) is 4.50. The Hall–Kier alpha value is -0.170. The third-order valence-electron chi connectivity index (χ3n) is 3.57. The second-order valence-electron chi connectivity index (χ2n) is 5.06. The smallest absolute Gasteiger partial charge is 0.281 e. The lowest BCUT2D eigenvalue weighted by molar-refractivity contribution is 0.197. The van der Waals surface area contributed by atoms with Crippen molar-refractivity contribution in [2.45, 2.75) is 39.0 Å². The van der Waals surface area contributed by atoms with E-state index in [4.69, 9.17) is 5.11 Å². The molecular weight excluding hydrogens is 252 g/mol. The van der Waals surface area contributed by atoms with Crippen LogP contribution in [-0.2, 0) is 10.2 Å². The topological polar surface area (TPSA) is 60.9 Å². The van der Waals surface area contributed by atoms with Crippen molar-refractivity contribution in [3.8, 4) is 0 Å². The molecule has 0 aromatic heterocycles. The number of aliphatic hydroxyl groups excluding tert-OH is 1. The molecule has 1 aliphatic heterocycles. The Balaban J connectivity index is 2.60. The van der Waals surface area contributed by atoms with Gasteiger partial charge in [0.05, 0.1) is 0 Å². The van der Waals surface area contributed by atoms with E-state index in [9.17, 15) is 8.42 Å². The first kappa shape index (κ1) is 15.9. The fourth-order valence-electron chi connectivity index (χ4n) is 2.35. The highest BCUT2D eigenvalue weighted by Gasteiger charge is 2.31. The normalized spacial score (nSPS) is 22.6. The van der Waals surface area contributed by atoms with Crippen LogP contribution in [0.4, 0.5) is 0 Å². The molecule has 108 valence electrons. The third kappa shape index (κ3) is 4.19. The fourth-order valence-corrected chi connectivity index (χ4v) is 3.86. The van der Waals surface area contributed by atoms with E-state index in [1.54, 1.807) is 11.4 Å². The van der Waals surface area contributed by atoms with Crippen molar-refractivity contribution in [2.24, 2.45) is 5.92 Å². The van der Waals surface area contributed by atoms with Gasteiger partial charge in [0, 0.05) is 33.3 Å². The van der Waals surface area contributed by atoms with E-state index >= 15 is 0 Å². The van der Waals surface area contributed by atoms with Crippen LogP contribution in [0, 0.1) is 5.92 Å². The van der Waals surface area contributed by atoms with Gasteiger partial charge in [-0.3, -0.25) is 0 Å². The van der Waals surface area contributed by atoms with E-state index in [-0.39, 0.29) is 6.61 Å². The number of nitrogens with zero attached hydrogens (tertiary/aromatic N) is 2. The van der Waals surface area contributed by atoms with Crippen molar-refractivity contribution in [1.82, 2.24) is 8.61 Å². The molecule has 0 bridgehead atoms. The van der Waals surface area contributed by atoms with Crippen molar-refractivity contribution in [3.05, 3.63) is 0 Å².